The van der Waals surface area contributed by atoms with Gasteiger partial charge < -0.3 is 5.11 Å². The maximum atomic E-state index is 13.3. The van der Waals surface area contributed by atoms with E-state index in [-0.39, 0.29) is 21.4 Å². The van der Waals surface area contributed by atoms with Crippen LogP contribution in [-0.2, 0) is 0 Å². The average molecular weight is 393 g/mol. The van der Waals surface area contributed by atoms with Crippen LogP contribution < -0.4 is 10.6 Å². The number of carbonyl (C=O) groups is 2. The molecule has 2 amide bonds. The number of carboxylic acids is 1. The number of rotatable bonds is 4. The molecule has 0 radical (unpaired) electrons. The highest BCUT2D eigenvalue weighted by atomic mass is 35.5. The van der Waals surface area contributed by atoms with Gasteiger partial charge in [-0.2, -0.15) is 0 Å². The number of thiophene rings is 1. The zero-order valence-electron chi connectivity index (χ0n) is 12.9. The summed E-state index contributed by atoms with van der Waals surface area (Å²) in [6, 6.07) is 4.76. The molecule has 0 unspecified atom stereocenters. The standard InChI is InChI=1S/C16H10ClFN4O3S/c17-10-5-8(1-2-11(10)18)12-6-9(15(23)24)14(26-12)22-16(25)21-13-7-19-3-4-20-13/h1-7H,(H,23,24)(H2,20,21,22,25). The van der Waals surface area contributed by atoms with Crippen LogP contribution in [0.25, 0.3) is 10.4 Å². The summed E-state index contributed by atoms with van der Waals surface area (Å²) < 4.78 is 13.3. The van der Waals surface area contributed by atoms with Gasteiger partial charge in [0.2, 0.25) is 0 Å². The van der Waals surface area contributed by atoms with E-state index in [2.05, 4.69) is 20.6 Å². The zero-order valence-corrected chi connectivity index (χ0v) is 14.4. The molecule has 10 heteroatoms. The summed E-state index contributed by atoms with van der Waals surface area (Å²) in [7, 11) is 0. The Hall–Kier alpha value is -3.04. The normalized spacial score (nSPS) is 10.4. The lowest BCUT2D eigenvalue weighted by atomic mass is 10.1. The molecule has 3 rings (SSSR count). The Balaban J connectivity index is 1.86. The number of urea groups is 1. The average Bonchev–Trinajstić information content (AvgIpc) is 3.02. The monoisotopic (exact) mass is 392 g/mol. The van der Waals surface area contributed by atoms with Crippen LogP contribution in [0.3, 0.4) is 0 Å². The molecule has 0 spiro atoms. The van der Waals surface area contributed by atoms with Crippen LogP contribution in [0.4, 0.5) is 20.0 Å². The molecule has 3 aromatic rings. The molecule has 0 aliphatic heterocycles. The summed E-state index contributed by atoms with van der Waals surface area (Å²) >= 11 is 6.79. The van der Waals surface area contributed by atoms with E-state index in [0.717, 1.165) is 11.3 Å². The third-order valence-electron chi connectivity index (χ3n) is 3.20. The van der Waals surface area contributed by atoms with Crippen molar-refractivity contribution < 1.29 is 19.1 Å². The van der Waals surface area contributed by atoms with E-state index in [0.29, 0.717) is 10.4 Å². The Morgan fingerprint density at radius 3 is 2.65 bits per heavy atom. The zero-order chi connectivity index (χ0) is 18.7. The third kappa shape index (κ3) is 3.95. The second-order valence-electron chi connectivity index (χ2n) is 4.96. The molecule has 2 aromatic heterocycles. The van der Waals surface area contributed by atoms with Crippen molar-refractivity contribution in [2.75, 3.05) is 10.6 Å². The van der Waals surface area contributed by atoms with Crippen molar-refractivity contribution in [3.8, 4) is 10.4 Å². The largest absolute Gasteiger partial charge is 0.478 e. The van der Waals surface area contributed by atoms with E-state index in [4.69, 9.17) is 11.6 Å². The molecule has 0 atom stereocenters. The number of nitrogens with zero attached hydrogens (tertiary/aromatic N) is 2. The predicted molar refractivity (Wildman–Crippen MR) is 96.4 cm³/mol. The van der Waals surface area contributed by atoms with Gasteiger partial charge in [0.1, 0.15) is 10.8 Å². The number of benzene rings is 1. The van der Waals surface area contributed by atoms with Gasteiger partial charge in [-0.15, -0.1) is 11.3 Å². The van der Waals surface area contributed by atoms with Gasteiger partial charge in [-0.05, 0) is 23.8 Å². The van der Waals surface area contributed by atoms with Crippen LogP contribution >= 0.6 is 22.9 Å². The van der Waals surface area contributed by atoms with Crippen LogP contribution in [0.5, 0.6) is 0 Å². The molecule has 0 saturated carbocycles. The maximum absolute atomic E-state index is 13.3. The minimum Gasteiger partial charge on any atom is -0.478 e. The maximum Gasteiger partial charge on any atom is 0.338 e. The lowest BCUT2D eigenvalue weighted by Gasteiger charge is -2.05. The van der Waals surface area contributed by atoms with E-state index < -0.39 is 17.8 Å². The van der Waals surface area contributed by atoms with Crippen molar-refractivity contribution in [3.05, 3.63) is 59.3 Å². The topological polar surface area (TPSA) is 104 Å². The Bertz CT molecular complexity index is 981. The molecular weight excluding hydrogens is 383 g/mol. The van der Waals surface area contributed by atoms with Crippen molar-refractivity contribution in [2.45, 2.75) is 0 Å². The minimum absolute atomic E-state index is 0.0809. The van der Waals surface area contributed by atoms with Gasteiger partial charge in [-0.25, -0.2) is 19.0 Å². The number of anilines is 2. The number of amides is 2. The van der Waals surface area contributed by atoms with Crippen molar-refractivity contribution in [3.63, 3.8) is 0 Å². The molecule has 0 aliphatic carbocycles. The molecule has 0 aliphatic rings. The Morgan fingerprint density at radius 2 is 2.00 bits per heavy atom. The van der Waals surface area contributed by atoms with Crippen molar-refractivity contribution in [1.82, 2.24) is 9.97 Å². The summed E-state index contributed by atoms with van der Waals surface area (Å²) in [5, 5.41) is 14.3. The first-order chi connectivity index (χ1) is 12.4. The number of hydrogen-bond donors (Lipinski definition) is 3. The van der Waals surface area contributed by atoms with Gasteiger partial charge in [0.15, 0.2) is 5.82 Å². The SMILES string of the molecule is O=C(Nc1cnccn1)Nc1sc(-c2ccc(F)c(Cl)c2)cc1C(=O)O. The van der Waals surface area contributed by atoms with Crippen molar-refractivity contribution >= 4 is 45.8 Å². The lowest BCUT2D eigenvalue weighted by Crippen LogP contribution is -2.20. The first kappa shape index (κ1) is 17.8. The Morgan fingerprint density at radius 1 is 1.19 bits per heavy atom. The van der Waals surface area contributed by atoms with Crippen LogP contribution in [0, 0.1) is 5.82 Å². The van der Waals surface area contributed by atoms with Gasteiger partial charge in [-0.3, -0.25) is 15.6 Å². The van der Waals surface area contributed by atoms with Crippen LogP contribution in [0.15, 0.2) is 42.9 Å². The number of nitrogens with one attached hydrogen (secondary N) is 2. The van der Waals surface area contributed by atoms with Gasteiger partial charge in [0, 0.05) is 17.3 Å². The first-order valence-electron chi connectivity index (χ1n) is 7.10. The van der Waals surface area contributed by atoms with Crippen LogP contribution in [0.2, 0.25) is 5.02 Å². The van der Waals surface area contributed by atoms with Gasteiger partial charge >= 0.3 is 12.0 Å². The number of aromatic nitrogens is 2. The quantitative estimate of drug-likeness (QED) is 0.612. The fourth-order valence-electron chi connectivity index (χ4n) is 2.05. The highest BCUT2D eigenvalue weighted by Crippen LogP contribution is 2.36. The molecule has 26 heavy (non-hydrogen) atoms. The molecule has 2 heterocycles. The summed E-state index contributed by atoms with van der Waals surface area (Å²) in [5.41, 5.74) is 0.436. The number of aromatic carboxylic acids is 1. The fourth-order valence-corrected chi connectivity index (χ4v) is 3.27. The van der Waals surface area contributed by atoms with Gasteiger partial charge in [0.05, 0.1) is 16.8 Å². The first-order valence-corrected chi connectivity index (χ1v) is 8.30. The number of carbonyl (C=O) groups excluding carboxylic acids is 1. The Labute approximate surface area is 155 Å². The van der Waals surface area contributed by atoms with E-state index in [1.807, 2.05) is 0 Å². The fraction of sp³-hybridized carbons (Fsp3) is 0. The highest BCUT2D eigenvalue weighted by Gasteiger charge is 2.19. The molecule has 0 saturated heterocycles. The van der Waals surface area contributed by atoms with Crippen LogP contribution in [0.1, 0.15) is 10.4 Å². The van der Waals surface area contributed by atoms with E-state index in [1.54, 1.807) is 0 Å². The smallest absolute Gasteiger partial charge is 0.338 e. The number of carboxylic acid groups (broad SMARTS) is 1. The molecule has 0 fully saturated rings. The van der Waals surface area contributed by atoms with E-state index >= 15 is 0 Å². The summed E-state index contributed by atoms with van der Waals surface area (Å²) in [5.74, 6) is -1.58. The molecule has 132 valence electrons. The summed E-state index contributed by atoms with van der Waals surface area (Å²) in [4.78, 5) is 31.7. The van der Waals surface area contributed by atoms with Gasteiger partial charge in [-0.1, -0.05) is 17.7 Å². The number of halogens is 2. The molecule has 0 bridgehead atoms. The lowest BCUT2D eigenvalue weighted by molar-refractivity contribution is 0.0698. The van der Waals surface area contributed by atoms with E-state index in [9.17, 15) is 19.1 Å². The molecular formula is C16H10ClFN4O3S. The molecule has 1 aromatic carbocycles. The third-order valence-corrected chi connectivity index (χ3v) is 4.59. The van der Waals surface area contributed by atoms with Gasteiger partial charge in [0.25, 0.3) is 0 Å². The van der Waals surface area contributed by atoms with E-state index in [1.165, 1.54) is 42.9 Å². The predicted octanol–water partition coefficient (Wildman–Crippen LogP) is 4.34. The van der Waals surface area contributed by atoms with Crippen molar-refractivity contribution in [1.29, 1.82) is 0 Å². The van der Waals surface area contributed by atoms with Crippen molar-refractivity contribution in [2.24, 2.45) is 0 Å². The van der Waals surface area contributed by atoms with Crippen LogP contribution in [-0.4, -0.2) is 27.1 Å². The molecule has 7 nitrogen and oxygen atoms in total. The summed E-state index contributed by atoms with van der Waals surface area (Å²) in [6.07, 6.45) is 4.20. The number of hydrogen-bond acceptors (Lipinski definition) is 5. The second kappa shape index (κ2) is 7.46. The highest BCUT2D eigenvalue weighted by molar-refractivity contribution is 7.20. The Kier molecular flexibility index (Phi) is 5.10. The summed E-state index contributed by atoms with van der Waals surface area (Å²) in [6.45, 7) is 0. The molecule has 3 N–H and O–H groups in total. The minimum atomic E-state index is -1.21. The second-order valence-corrected chi connectivity index (χ2v) is 6.42.